The van der Waals surface area contributed by atoms with Crippen molar-refractivity contribution in [3.8, 4) is 0 Å². The first kappa shape index (κ1) is 6.71. The number of likely N-dealkylation sites (tertiary alicyclic amines) is 1. The monoisotopic (exact) mass is 130 g/mol. The first-order valence-electron chi connectivity index (χ1n) is 3.18. The Bertz CT molecular complexity index is 135. The number of quaternary nitrogens is 1. The SMILES string of the molecule is C[N+]1(CO)CCCC1=O. The Kier molecular flexibility index (Phi) is 1.55. The first-order valence-corrected chi connectivity index (χ1v) is 3.18. The molecule has 1 unspecified atom stereocenters. The summed E-state index contributed by atoms with van der Waals surface area (Å²) < 4.78 is 0.222. The molecule has 3 nitrogen and oxygen atoms in total. The minimum Gasteiger partial charge on any atom is -0.347 e. The Balaban J connectivity index is 2.67. The Labute approximate surface area is 54.5 Å². The summed E-state index contributed by atoms with van der Waals surface area (Å²) in [6.45, 7) is 0.758. The fraction of sp³-hybridized carbons (Fsp3) is 0.833. The molecule has 0 spiro atoms. The van der Waals surface area contributed by atoms with Gasteiger partial charge in [-0.05, 0) is 0 Å². The molecule has 0 saturated carbocycles. The molecule has 1 atom stereocenters. The number of aliphatic hydroxyl groups is 1. The number of amides is 1. The number of hydrogen-bond acceptors (Lipinski definition) is 2. The van der Waals surface area contributed by atoms with E-state index in [9.17, 15) is 4.79 Å². The maximum atomic E-state index is 10.9. The molecule has 1 N–H and O–H groups in total. The second-order valence-corrected chi connectivity index (χ2v) is 2.76. The van der Waals surface area contributed by atoms with Crippen molar-refractivity contribution < 1.29 is 14.4 Å². The number of nitrogens with zero attached hydrogens (tertiary/aromatic N) is 1. The maximum absolute atomic E-state index is 10.9. The molecular weight excluding hydrogens is 118 g/mol. The van der Waals surface area contributed by atoms with Crippen molar-refractivity contribution in [2.75, 3.05) is 20.3 Å². The van der Waals surface area contributed by atoms with Crippen LogP contribution in [-0.4, -0.2) is 35.8 Å². The van der Waals surface area contributed by atoms with Crippen molar-refractivity contribution in [1.82, 2.24) is 0 Å². The van der Waals surface area contributed by atoms with E-state index in [1.165, 1.54) is 0 Å². The lowest BCUT2D eigenvalue weighted by molar-refractivity contribution is -0.846. The molecule has 1 rings (SSSR count). The topological polar surface area (TPSA) is 37.3 Å². The van der Waals surface area contributed by atoms with Gasteiger partial charge < -0.3 is 5.11 Å². The van der Waals surface area contributed by atoms with Gasteiger partial charge in [0.25, 0.3) is 0 Å². The van der Waals surface area contributed by atoms with Crippen LogP contribution in [0.4, 0.5) is 0 Å². The third kappa shape index (κ3) is 0.976. The van der Waals surface area contributed by atoms with Gasteiger partial charge in [-0.2, -0.15) is 0 Å². The van der Waals surface area contributed by atoms with E-state index in [0.29, 0.717) is 6.42 Å². The third-order valence-corrected chi connectivity index (χ3v) is 1.96. The van der Waals surface area contributed by atoms with Crippen LogP contribution in [-0.2, 0) is 4.79 Å². The number of aliphatic hydroxyl groups excluding tert-OH is 1. The normalized spacial score (nSPS) is 35.6. The van der Waals surface area contributed by atoms with Crippen LogP contribution in [0.2, 0.25) is 0 Å². The van der Waals surface area contributed by atoms with Crippen molar-refractivity contribution in [3.05, 3.63) is 0 Å². The largest absolute Gasteiger partial charge is 0.347 e. The minimum absolute atomic E-state index is 0.0428. The summed E-state index contributed by atoms with van der Waals surface area (Å²) in [6.07, 6.45) is 1.56. The summed E-state index contributed by atoms with van der Waals surface area (Å²) >= 11 is 0. The highest BCUT2D eigenvalue weighted by Crippen LogP contribution is 2.16. The lowest BCUT2D eigenvalue weighted by Gasteiger charge is -2.22. The van der Waals surface area contributed by atoms with Crippen molar-refractivity contribution in [1.29, 1.82) is 0 Å². The molecule has 0 bridgehead atoms. The van der Waals surface area contributed by atoms with E-state index in [4.69, 9.17) is 5.11 Å². The molecule has 1 aliphatic heterocycles. The van der Waals surface area contributed by atoms with E-state index in [1.807, 2.05) is 0 Å². The standard InChI is InChI=1S/C6H12NO2/c1-7(5-8)4-2-3-6(7)9/h8H,2-5H2,1H3/q+1. The summed E-state index contributed by atoms with van der Waals surface area (Å²) in [5.41, 5.74) is 0. The molecule has 0 aromatic carbocycles. The van der Waals surface area contributed by atoms with Crippen molar-refractivity contribution in [2.45, 2.75) is 12.8 Å². The van der Waals surface area contributed by atoms with E-state index in [0.717, 1.165) is 13.0 Å². The zero-order chi connectivity index (χ0) is 6.91. The molecule has 1 heterocycles. The van der Waals surface area contributed by atoms with Gasteiger partial charge in [-0.25, -0.2) is 9.28 Å². The van der Waals surface area contributed by atoms with Gasteiger partial charge in [0.05, 0.1) is 20.0 Å². The molecule has 1 amide bonds. The van der Waals surface area contributed by atoms with Crippen molar-refractivity contribution in [3.63, 3.8) is 0 Å². The smallest absolute Gasteiger partial charge is 0.315 e. The Morgan fingerprint density at radius 3 is 2.67 bits per heavy atom. The molecule has 52 valence electrons. The van der Waals surface area contributed by atoms with Crippen LogP contribution in [0.25, 0.3) is 0 Å². The molecule has 0 aromatic heterocycles. The molecule has 1 aliphatic rings. The van der Waals surface area contributed by atoms with Crippen LogP contribution in [0.1, 0.15) is 12.8 Å². The van der Waals surface area contributed by atoms with E-state index < -0.39 is 0 Å². The summed E-state index contributed by atoms with van der Waals surface area (Å²) in [6, 6.07) is 0. The highest BCUT2D eigenvalue weighted by molar-refractivity contribution is 5.70. The van der Waals surface area contributed by atoms with E-state index in [1.54, 1.807) is 7.05 Å². The Hall–Kier alpha value is -0.410. The van der Waals surface area contributed by atoms with Crippen LogP contribution in [0.5, 0.6) is 0 Å². The lowest BCUT2D eigenvalue weighted by atomic mass is 10.4. The van der Waals surface area contributed by atoms with Gasteiger partial charge in [0.1, 0.15) is 0 Å². The highest BCUT2D eigenvalue weighted by Gasteiger charge is 2.35. The van der Waals surface area contributed by atoms with Gasteiger partial charge in [0.2, 0.25) is 0 Å². The Morgan fingerprint density at radius 1 is 1.78 bits per heavy atom. The van der Waals surface area contributed by atoms with Crippen molar-refractivity contribution in [2.24, 2.45) is 0 Å². The molecular formula is C6H12NO2+. The average Bonchev–Trinajstić information content (AvgIpc) is 2.15. The van der Waals surface area contributed by atoms with Gasteiger partial charge in [0, 0.05) is 6.42 Å². The molecule has 3 heteroatoms. The number of carbonyl (C=O) groups is 1. The Morgan fingerprint density at radius 2 is 2.44 bits per heavy atom. The zero-order valence-corrected chi connectivity index (χ0v) is 5.63. The van der Waals surface area contributed by atoms with Crippen LogP contribution in [0, 0.1) is 0 Å². The van der Waals surface area contributed by atoms with Gasteiger partial charge in [-0.3, -0.25) is 0 Å². The van der Waals surface area contributed by atoms with Crippen LogP contribution in [0.15, 0.2) is 0 Å². The number of carbonyl (C=O) groups excluding carboxylic acids is 1. The maximum Gasteiger partial charge on any atom is 0.315 e. The molecule has 0 aliphatic carbocycles. The quantitative estimate of drug-likeness (QED) is 0.495. The zero-order valence-electron chi connectivity index (χ0n) is 5.63. The fourth-order valence-corrected chi connectivity index (χ4v) is 1.12. The lowest BCUT2D eigenvalue weighted by Crippen LogP contribution is -2.45. The molecule has 9 heavy (non-hydrogen) atoms. The van der Waals surface area contributed by atoms with E-state index in [-0.39, 0.29) is 17.1 Å². The van der Waals surface area contributed by atoms with Crippen molar-refractivity contribution >= 4 is 5.91 Å². The molecule has 0 aromatic rings. The third-order valence-electron chi connectivity index (χ3n) is 1.96. The fourth-order valence-electron chi connectivity index (χ4n) is 1.12. The second-order valence-electron chi connectivity index (χ2n) is 2.76. The van der Waals surface area contributed by atoms with Crippen LogP contribution < -0.4 is 0 Å². The highest BCUT2D eigenvalue weighted by atomic mass is 16.3. The van der Waals surface area contributed by atoms with Gasteiger partial charge in [-0.15, -0.1) is 0 Å². The predicted octanol–water partition coefficient (Wildman–Crippen LogP) is -0.297. The summed E-state index contributed by atoms with van der Waals surface area (Å²) in [5, 5.41) is 8.75. The molecule has 0 radical (unpaired) electrons. The average molecular weight is 130 g/mol. The van der Waals surface area contributed by atoms with Crippen LogP contribution >= 0.6 is 0 Å². The predicted molar refractivity (Wildman–Crippen MR) is 32.4 cm³/mol. The van der Waals surface area contributed by atoms with Gasteiger partial charge >= 0.3 is 5.91 Å². The van der Waals surface area contributed by atoms with E-state index in [2.05, 4.69) is 0 Å². The van der Waals surface area contributed by atoms with Gasteiger partial charge in [-0.1, -0.05) is 0 Å². The molecule has 1 fully saturated rings. The summed E-state index contributed by atoms with van der Waals surface area (Å²) in [5.74, 6) is 0.164. The summed E-state index contributed by atoms with van der Waals surface area (Å²) in [7, 11) is 1.77. The first-order chi connectivity index (χ1) is 4.19. The molecule has 1 saturated heterocycles. The minimum atomic E-state index is -0.0428. The van der Waals surface area contributed by atoms with Gasteiger partial charge in [0.15, 0.2) is 6.73 Å². The number of rotatable bonds is 1. The summed E-state index contributed by atoms with van der Waals surface area (Å²) in [4.78, 5) is 10.9. The van der Waals surface area contributed by atoms with E-state index >= 15 is 0 Å². The second kappa shape index (κ2) is 2.08. The number of hydrogen-bond donors (Lipinski definition) is 1. The van der Waals surface area contributed by atoms with Crippen LogP contribution in [0.3, 0.4) is 0 Å².